The molecular formula is C12H17NOS. The summed E-state index contributed by atoms with van der Waals surface area (Å²) in [6.45, 7) is 6.73. The average Bonchev–Trinajstić information content (AvgIpc) is 2.14. The second-order valence-corrected chi connectivity index (χ2v) is 4.90. The van der Waals surface area contributed by atoms with Crippen LogP contribution in [0.5, 0.6) is 0 Å². The largest absolute Gasteiger partial charge is 0.389 e. The molecule has 3 heteroatoms. The molecule has 0 heterocycles. The van der Waals surface area contributed by atoms with E-state index in [4.69, 9.17) is 22.7 Å². The highest BCUT2D eigenvalue weighted by Crippen LogP contribution is 2.12. The van der Waals surface area contributed by atoms with Crippen LogP contribution in [0.25, 0.3) is 0 Å². The lowest BCUT2D eigenvalue weighted by atomic mass is 10.1. The molecule has 0 aliphatic carbocycles. The van der Waals surface area contributed by atoms with Crippen LogP contribution in [0.15, 0.2) is 24.3 Å². The Morgan fingerprint density at radius 3 is 2.20 bits per heavy atom. The lowest BCUT2D eigenvalue weighted by Gasteiger charge is -2.19. The second kappa shape index (κ2) is 4.73. The fourth-order valence-electron chi connectivity index (χ4n) is 1.07. The fourth-order valence-corrected chi connectivity index (χ4v) is 1.20. The Morgan fingerprint density at radius 1 is 1.27 bits per heavy atom. The van der Waals surface area contributed by atoms with Gasteiger partial charge in [-0.25, -0.2) is 0 Å². The number of ether oxygens (including phenoxy) is 1. The van der Waals surface area contributed by atoms with E-state index in [0.29, 0.717) is 11.6 Å². The molecule has 0 bridgehead atoms. The molecule has 82 valence electrons. The smallest absolute Gasteiger partial charge is 0.103 e. The van der Waals surface area contributed by atoms with Crippen molar-refractivity contribution in [3.8, 4) is 0 Å². The Kier molecular flexibility index (Phi) is 3.83. The summed E-state index contributed by atoms with van der Waals surface area (Å²) in [6, 6.07) is 7.81. The van der Waals surface area contributed by atoms with Crippen LogP contribution < -0.4 is 5.73 Å². The normalized spacial score (nSPS) is 11.4. The molecule has 0 atom stereocenters. The van der Waals surface area contributed by atoms with Crippen molar-refractivity contribution in [2.24, 2.45) is 5.73 Å². The van der Waals surface area contributed by atoms with Crippen molar-refractivity contribution in [1.29, 1.82) is 0 Å². The van der Waals surface area contributed by atoms with E-state index in [-0.39, 0.29) is 5.60 Å². The van der Waals surface area contributed by atoms with Gasteiger partial charge in [-0.05, 0) is 26.3 Å². The van der Waals surface area contributed by atoms with Gasteiger partial charge in [-0.2, -0.15) is 0 Å². The molecule has 0 aromatic heterocycles. The van der Waals surface area contributed by atoms with Gasteiger partial charge in [-0.3, -0.25) is 0 Å². The third-order valence-corrected chi connectivity index (χ3v) is 2.15. The van der Waals surface area contributed by atoms with Gasteiger partial charge >= 0.3 is 0 Å². The first-order valence-electron chi connectivity index (χ1n) is 4.91. The molecule has 0 radical (unpaired) electrons. The zero-order valence-electron chi connectivity index (χ0n) is 9.41. The molecule has 0 saturated heterocycles. The number of hydrogen-bond donors (Lipinski definition) is 1. The van der Waals surface area contributed by atoms with Crippen LogP contribution in [0.1, 0.15) is 31.9 Å². The lowest BCUT2D eigenvalue weighted by Crippen LogP contribution is -2.18. The summed E-state index contributed by atoms with van der Waals surface area (Å²) in [4.78, 5) is 0.429. The minimum absolute atomic E-state index is 0.109. The third kappa shape index (κ3) is 4.40. The van der Waals surface area contributed by atoms with E-state index >= 15 is 0 Å². The van der Waals surface area contributed by atoms with Crippen LogP contribution in [0.3, 0.4) is 0 Å². The van der Waals surface area contributed by atoms with Crippen LogP contribution in [-0.4, -0.2) is 10.6 Å². The van der Waals surface area contributed by atoms with Crippen LogP contribution in [0.2, 0.25) is 0 Å². The Balaban J connectivity index is 2.61. The first-order valence-corrected chi connectivity index (χ1v) is 5.32. The highest BCUT2D eigenvalue weighted by Gasteiger charge is 2.09. The Labute approximate surface area is 96.4 Å². The summed E-state index contributed by atoms with van der Waals surface area (Å²) < 4.78 is 5.65. The molecule has 2 nitrogen and oxygen atoms in total. The van der Waals surface area contributed by atoms with Gasteiger partial charge in [0.05, 0.1) is 12.2 Å². The van der Waals surface area contributed by atoms with E-state index in [1.54, 1.807) is 0 Å². The molecule has 1 rings (SSSR count). The van der Waals surface area contributed by atoms with Crippen molar-refractivity contribution in [2.75, 3.05) is 0 Å². The first-order chi connectivity index (χ1) is 6.88. The molecule has 0 unspecified atom stereocenters. The van der Waals surface area contributed by atoms with Crippen LogP contribution in [0, 0.1) is 0 Å². The maximum atomic E-state index is 5.65. The van der Waals surface area contributed by atoms with Gasteiger partial charge in [-0.1, -0.05) is 36.5 Å². The molecule has 0 spiro atoms. The molecule has 0 aliphatic rings. The molecule has 15 heavy (non-hydrogen) atoms. The molecule has 0 saturated carbocycles. The minimum Gasteiger partial charge on any atom is -0.389 e. The maximum absolute atomic E-state index is 5.65. The van der Waals surface area contributed by atoms with Crippen molar-refractivity contribution < 1.29 is 4.74 Å². The zero-order chi connectivity index (χ0) is 11.5. The number of thiocarbonyl (C=S) groups is 1. The monoisotopic (exact) mass is 223 g/mol. The van der Waals surface area contributed by atoms with Gasteiger partial charge in [0.15, 0.2) is 0 Å². The van der Waals surface area contributed by atoms with Gasteiger partial charge in [0.25, 0.3) is 0 Å². The molecule has 2 N–H and O–H groups in total. The van der Waals surface area contributed by atoms with Crippen LogP contribution in [0.4, 0.5) is 0 Å². The first kappa shape index (κ1) is 12.1. The van der Waals surface area contributed by atoms with E-state index in [0.717, 1.165) is 11.1 Å². The van der Waals surface area contributed by atoms with Gasteiger partial charge < -0.3 is 10.5 Å². The molecule has 1 aromatic rings. The lowest BCUT2D eigenvalue weighted by molar-refractivity contribution is -0.0149. The molecule has 0 fully saturated rings. The predicted octanol–water partition coefficient (Wildman–Crippen LogP) is 2.64. The molecular weight excluding hydrogens is 206 g/mol. The van der Waals surface area contributed by atoms with Crippen molar-refractivity contribution in [2.45, 2.75) is 33.0 Å². The number of rotatable bonds is 3. The Morgan fingerprint density at radius 2 is 1.80 bits per heavy atom. The van der Waals surface area contributed by atoms with Gasteiger partial charge in [0.2, 0.25) is 0 Å². The predicted molar refractivity (Wildman–Crippen MR) is 66.9 cm³/mol. The summed E-state index contributed by atoms with van der Waals surface area (Å²) in [5.41, 5.74) is 7.42. The van der Waals surface area contributed by atoms with Gasteiger partial charge in [0.1, 0.15) is 4.99 Å². The number of benzene rings is 1. The SMILES string of the molecule is CC(C)(C)OCc1ccc(C(N)=S)cc1. The summed E-state index contributed by atoms with van der Waals surface area (Å²) >= 11 is 4.88. The molecule has 0 aliphatic heterocycles. The third-order valence-electron chi connectivity index (χ3n) is 1.91. The summed E-state index contributed by atoms with van der Waals surface area (Å²) in [5.74, 6) is 0. The minimum atomic E-state index is -0.109. The second-order valence-electron chi connectivity index (χ2n) is 4.46. The van der Waals surface area contributed by atoms with E-state index < -0.39 is 0 Å². The van der Waals surface area contributed by atoms with E-state index in [1.807, 2.05) is 45.0 Å². The Bertz CT molecular complexity index is 338. The standard InChI is InChI=1S/C12H17NOS/c1-12(2,3)14-8-9-4-6-10(7-5-9)11(13)15/h4-7H,8H2,1-3H3,(H2,13,15). The van der Waals surface area contributed by atoms with Crippen molar-refractivity contribution in [1.82, 2.24) is 0 Å². The highest BCUT2D eigenvalue weighted by molar-refractivity contribution is 7.80. The summed E-state index contributed by atoms with van der Waals surface area (Å²) in [5, 5.41) is 0. The zero-order valence-corrected chi connectivity index (χ0v) is 10.2. The average molecular weight is 223 g/mol. The quantitative estimate of drug-likeness (QED) is 0.800. The maximum Gasteiger partial charge on any atom is 0.103 e. The van der Waals surface area contributed by atoms with E-state index in [1.165, 1.54) is 0 Å². The van der Waals surface area contributed by atoms with Crippen LogP contribution >= 0.6 is 12.2 Å². The van der Waals surface area contributed by atoms with Crippen molar-refractivity contribution in [3.63, 3.8) is 0 Å². The number of nitrogens with two attached hydrogens (primary N) is 1. The van der Waals surface area contributed by atoms with Crippen LogP contribution in [-0.2, 0) is 11.3 Å². The highest BCUT2D eigenvalue weighted by atomic mass is 32.1. The van der Waals surface area contributed by atoms with E-state index in [2.05, 4.69) is 0 Å². The van der Waals surface area contributed by atoms with E-state index in [9.17, 15) is 0 Å². The topological polar surface area (TPSA) is 35.2 Å². The van der Waals surface area contributed by atoms with Crippen molar-refractivity contribution >= 4 is 17.2 Å². The molecule has 1 aromatic carbocycles. The fraction of sp³-hybridized carbons (Fsp3) is 0.417. The number of hydrogen-bond acceptors (Lipinski definition) is 2. The Hall–Kier alpha value is -0.930. The summed E-state index contributed by atoms with van der Waals surface area (Å²) in [6.07, 6.45) is 0. The van der Waals surface area contributed by atoms with Gasteiger partial charge in [0, 0.05) is 5.56 Å². The molecule has 0 amide bonds. The summed E-state index contributed by atoms with van der Waals surface area (Å²) in [7, 11) is 0. The van der Waals surface area contributed by atoms with Crippen molar-refractivity contribution in [3.05, 3.63) is 35.4 Å². The van der Waals surface area contributed by atoms with Gasteiger partial charge in [-0.15, -0.1) is 0 Å².